The van der Waals surface area contributed by atoms with Gasteiger partial charge in [-0.25, -0.2) is 9.67 Å². The predicted octanol–water partition coefficient (Wildman–Crippen LogP) is 5.96. The van der Waals surface area contributed by atoms with Gasteiger partial charge in [-0.05, 0) is 72.7 Å². The number of fused-ring (bicyclic) bond motifs is 1. The van der Waals surface area contributed by atoms with Crippen LogP contribution in [0.2, 0.25) is 0 Å². The Labute approximate surface area is 278 Å². The summed E-state index contributed by atoms with van der Waals surface area (Å²) in [5, 5.41) is 8.54. The second-order valence-electron chi connectivity index (χ2n) is 11.0. The van der Waals surface area contributed by atoms with Crippen molar-refractivity contribution in [3.63, 3.8) is 0 Å². The lowest BCUT2D eigenvalue weighted by Crippen LogP contribution is -2.42. The molecule has 0 spiro atoms. The van der Waals surface area contributed by atoms with Crippen molar-refractivity contribution in [1.29, 1.82) is 0 Å². The van der Waals surface area contributed by atoms with Gasteiger partial charge in [-0.15, -0.1) is 5.10 Å². The Morgan fingerprint density at radius 1 is 1.17 bits per heavy atom. The standard InChI is InChI=1S/C32H30F3N7O3S2/c1-18-15-24(44-4)13-14-25(18)42-29-26(45-29)16-47-31(42)38-30(46)37-28(40(3)19(2)43)21-7-5-20(6-8-21)27-36-17-41(39-27)23-11-9-22(10-12-23)32(33,34)35/h5-15,17,26,28-29H,16H2,1-4H3,(H,37,46)/b38-31-. The number of amides is 1. The van der Waals surface area contributed by atoms with E-state index in [1.807, 2.05) is 42.2 Å². The van der Waals surface area contributed by atoms with Crippen molar-refractivity contribution in [2.75, 3.05) is 24.8 Å². The number of nitrogens with one attached hydrogen (secondary N) is 1. The van der Waals surface area contributed by atoms with Crippen LogP contribution in [-0.2, 0) is 15.7 Å². The van der Waals surface area contributed by atoms with Gasteiger partial charge in [0.1, 0.15) is 24.3 Å². The summed E-state index contributed by atoms with van der Waals surface area (Å²) in [6, 6.07) is 17.7. The van der Waals surface area contributed by atoms with E-state index in [1.165, 1.54) is 35.0 Å². The summed E-state index contributed by atoms with van der Waals surface area (Å²) in [7, 11) is 3.30. The molecule has 6 rings (SSSR count). The minimum absolute atomic E-state index is 0.105. The van der Waals surface area contributed by atoms with Crippen molar-refractivity contribution in [3.8, 4) is 22.8 Å². The Morgan fingerprint density at radius 3 is 2.53 bits per heavy atom. The normalized spacial score (nSPS) is 18.8. The summed E-state index contributed by atoms with van der Waals surface area (Å²) in [5.74, 6) is 1.70. The van der Waals surface area contributed by atoms with Gasteiger partial charge in [0.2, 0.25) is 5.91 Å². The van der Waals surface area contributed by atoms with E-state index in [4.69, 9.17) is 26.7 Å². The molecule has 1 N–H and O–H groups in total. The summed E-state index contributed by atoms with van der Waals surface area (Å²) in [6.45, 7) is 3.46. The second-order valence-corrected chi connectivity index (χ2v) is 12.3. The van der Waals surface area contributed by atoms with Gasteiger partial charge in [0.15, 0.2) is 22.3 Å². The number of halogens is 3. The molecule has 3 unspecified atom stereocenters. The minimum atomic E-state index is -4.42. The molecule has 3 atom stereocenters. The van der Waals surface area contributed by atoms with Crippen molar-refractivity contribution in [1.82, 2.24) is 25.0 Å². The lowest BCUT2D eigenvalue weighted by atomic mass is 10.1. The van der Waals surface area contributed by atoms with E-state index in [0.29, 0.717) is 22.2 Å². The molecule has 3 aromatic carbocycles. The number of thioether (sulfide) groups is 1. The van der Waals surface area contributed by atoms with Crippen LogP contribution < -0.4 is 15.0 Å². The summed E-state index contributed by atoms with van der Waals surface area (Å²) in [4.78, 5) is 25.2. The van der Waals surface area contributed by atoms with E-state index in [-0.39, 0.29) is 23.4 Å². The fourth-order valence-electron chi connectivity index (χ4n) is 5.13. The van der Waals surface area contributed by atoms with Gasteiger partial charge in [0, 0.05) is 31.0 Å². The zero-order valence-electron chi connectivity index (χ0n) is 25.7. The number of hydrogen-bond acceptors (Lipinski definition) is 7. The molecule has 4 aromatic rings. The molecule has 0 saturated carbocycles. The smallest absolute Gasteiger partial charge is 0.416 e. The molecule has 15 heteroatoms. The van der Waals surface area contributed by atoms with E-state index >= 15 is 0 Å². The van der Waals surface area contributed by atoms with E-state index in [2.05, 4.69) is 15.4 Å². The van der Waals surface area contributed by atoms with Crippen LogP contribution in [0, 0.1) is 6.92 Å². The summed E-state index contributed by atoms with van der Waals surface area (Å²) >= 11 is 7.25. The van der Waals surface area contributed by atoms with Gasteiger partial charge in [0.05, 0.1) is 18.4 Å². The number of alkyl halides is 3. The topological polar surface area (TPSA) is 100 Å². The lowest BCUT2D eigenvalue weighted by Gasteiger charge is -2.30. The lowest BCUT2D eigenvalue weighted by molar-refractivity contribution is -0.137. The third-order valence-corrected chi connectivity index (χ3v) is 9.08. The number of aromatic nitrogens is 3. The van der Waals surface area contributed by atoms with Crippen LogP contribution in [0.25, 0.3) is 17.1 Å². The average molecular weight is 682 g/mol. The Balaban J connectivity index is 1.21. The maximum atomic E-state index is 13.0. The summed E-state index contributed by atoms with van der Waals surface area (Å²) < 4.78 is 51.5. The zero-order valence-corrected chi connectivity index (χ0v) is 27.4. The van der Waals surface area contributed by atoms with E-state index in [0.717, 1.165) is 40.4 Å². The van der Waals surface area contributed by atoms with Crippen LogP contribution in [0.4, 0.5) is 18.9 Å². The van der Waals surface area contributed by atoms with Gasteiger partial charge in [-0.1, -0.05) is 36.0 Å². The van der Waals surface area contributed by atoms with Crippen LogP contribution in [0.15, 0.2) is 78.0 Å². The number of rotatable bonds is 7. The Hall–Kier alpha value is -4.47. The van der Waals surface area contributed by atoms with Crippen molar-refractivity contribution < 1.29 is 27.4 Å². The largest absolute Gasteiger partial charge is 0.497 e. The van der Waals surface area contributed by atoms with Crippen molar-refractivity contribution in [2.45, 2.75) is 38.5 Å². The number of anilines is 1. The molecule has 2 saturated heterocycles. The number of nitrogens with zero attached hydrogens (tertiary/aromatic N) is 6. The molecular weight excluding hydrogens is 652 g/mol. The Morgan fingerprint density at radius 2 is 1.89 bits per heavy atom. The molecule has 3 heterocycles. The number of carbonyl (C=O) groups excluding carboxylic acids is 1. The number of amidine groups is 1. The van der Waals surface area contributed by atoms with E-state index in [9.17, 15) is 18.0 Å². The van der Waals surface area contributed by atoms with Crippen molar-refractivity contribution in [2.24, 2.45) is 4.99 Å². The highest BCUT2D eigenvalue weighted by molar-refractivity contribution is 8.14. The van der Waals surface area contributed by atoms with E-state index in [1.54, 1.807) is 38.1 Å². The first-order chi connectivity index (χ1) is 22.4. The summed E-state index contributed by atoms with van der Waals surface area (Å²) in [6.07, 6.45) is -3.65. The summed E-state index contributed by atoms with van der Waals surface area (Å²) in [5.41, 5.74) is 3.05. The monoisotopic (exact) mass is 681 g/mol. The van der Waals surface area contributed by atoms with Crippen LogP contribution >= 0.6 is 24.0 Å². The predicted molar refractivity (Wildman–Crippen MR) is 177 cm³/mol. The number of ether oxygens (including phenoxy) is 2. The number of thiocarbonyl (C=S) groups is 1. The first kappa shape index (κ1) is 32.5. The third kappa shape index (κ3) is 6.96. The molecule has 0 bridgehead atoms. The second kappa shape index (κ2) is 13.0. The molecule has 0 aliphatic carbocycles. The number of benzene rings is 3. The maximum Gasteiger partial charge on any atom is 0.416 e. The first-order valence-electron chi connectivity index (χ1n) is 14.5. The molecular formula is C32H30F3N7O3S2. The molecule has 47 heavy (non-hydrogen) atoms. The highest BCUT2D eigenvalue weighted by atomic mass is 32.2. The number of aryl methyl sites for hydroxylation is 1. The number of epoxide rings is 1. The fourth-order valence-corrected chi connectivity index (χ4v) is 6.44. The molecule has 10 nitrogen and oxygen atoms in total. The first-order valence-corrected chi connectivity index (χ1v) is 15.9. The van der Waals surface area contributed by atoms with Gasteiger partial charge >= 0.3 is 6.18 Å². The molecule has 2 aliphatic heterocycles. The van der Waals surface area contributed by atoms with Crippen molar-refractivity contribution >= 4 is 45.9 Å². The third-order valence-electron chi connectivity index (χ3n) is 7.83. The SMILES string of the molecule is COc1ccc(N2/C(=N/C(=S)NC(c3ccc(-c4ncn(-c5ccc(C(F)(F)F)cc5)n4)cc3)N(C)C(C)=O)SCC3OC32)c(C)c1. The maximum absolute atomic E-state index is 13.0. The molecule has 0 radical (unpaired) electrons. The number of carbonyl (C=O) groups is 1. The zero-order chi connectivity index (χ0) is 33.5. The number of hydrogen-bond donors (Lipinski definition) is 1. The van der Waals surface area contributed by atoms with Crippen LogP contribution in [-0.4, -0.2) is 68.1 Å². The quantitative estimate of drug-likeness (QED) is 0.144. The Bertz CT molecular complexity index is 1830. The Kier molecular flexibility index (Phi) is 8.96. The highest BCUT2D eigenvalue weighted by Gasteiger charge is 2.50. The van der Waals surface area contributed by atoms with Crippen LogP contribution in [0.1, 0.15) is 29.8 Å². The number of methoxy groups -OCH3 is 1. The molecule has 244 valence electrons. The molecule has 1 aromatic heterocycles. The number of aliphatic imine (C=N–C) groups is 1. The average Bonchev–Trinajstić information content (AvgIpc) is 3.68. The minimum Gasteiger partial charge on any atom is -0.497 e. The van der Waals surface area contributed by atoms with E-state index < -0.39 is 17.9 Å². The van der Waals surface area contributed by atoms with Crippen molar-refractivity contribution in [3.05, 3.63) is 89.7 Å². The van der Waals surface area contributed by atoms with Crippen LogP contribution in [0.5, 0.6) is 5.75 Å². The molecule has 1 amide bonds. The highest BCUT2D eigenvalue weighted by Crippen LogP contribution is 2.42. The van der Waals surface area contributed by atoms with Gasteiger partial charge in [0.25, 0.3) is 0 Å². The molecule has 2 aliphatic rings. The van der Waals surface area contributed by atoms with Gasteiger partial charge < -0.3 is 19.7 Å². The van der Waals surface area contributed by atoms with Crippen LogP contribution in [0.3, 0.4) is 0 Å². The van der Waals surface area contributed by atoms with Gasteiger partial charge in [-0.3, -0.25) is 9.69 Å². The van der Waals surface area contributed by atoms with Gasteiger partial charge in [-0.2, -0.15) is 18.2 Å². The molecule has 2 fully saturated rings. The fraction of sp³-hybridized carbons (Fsp3) is 0.281.